The Balaban J connectivity index is 2.06. The van der Waals surface area contributed by atoms with Gasteiger partial charge in [0.05, 0.1) is 0 Å². The number of rotatable bonds is 3. The molecule has 19 heavy (non-hydrogen) atoms. The summed E-state index contributed by atoms with van der Waals surface area (Å²) in [5.74, 6) is 0.947. The molecule has 1 nitrogen and oxygen atoms in total. The van der Waals surface area contributed by atoms with Crippen LogP contribution >= 0.6 is 15.9 Å². The fraction of sp³-hybridized carbons (Fsp3) is 0.353. The van der Waals surface area contributed by atoms with E-state index in [-0.39, 0.29) is 11.7 Å². The summed E-state index contributed by atoms with van der Waals surface area (Å²) >= 11 is 3.42. The first-order valence-electron chi connectivity index (χ1n) is 6.74. The van der Waals surface area contributed by atoms with Gasteiger partial charge in [0.25, 0.3) is 0 Å². The van der Waals surface area contributed by atoms with E-state index in [0.717, 1.165) is 28.5 Å². The number of hydrogen-bond acceptors (Lipinski definition) is 1. The third kappa shape index (κ3) is 3.90. The number of benzene rings is 1. The Labute approximate surface area is 123 Å². The van der Waals surface area contributed by atoms with E-state index in [2.05, 4.69) is 54.1 Å². The number of ketones is 1. The predicted molar refractivity (Wildman–Crippen MR) is 83.8 cm³/mol. The molecule has 0 N–H and O–H groups in total. The molecule has 0 heterocycles. The van der Waals surface area contributed by atoms with Crippen molar-refractivity contribution in [1.82, 2.24) is 0 Å². The highest BCUT2D eigenvalue weighted by molar-refractivity contribution is 9.10. The minimum absolute atomic E-state index is 0.213. The molecule has 1 aromatic carbocycles. The first-order chi connectivity index (χ1) is 9.06. The lowest BCUT2D eigenvalue weighted by Crippen LogP contribution is -2.22. The van der Waals surface area contributed by atoms with Gasteiger partial charge in [-0.15, -0.1) is 0 Å². The van der Waals surface area contributed by atoms with Crippen molar-refractivity contribution in [2.75, 3.05) is 0 Å². The van der Waals surface area contributed by atoms with Crippen LogP contribution in [-0.4, -0.2) is 5.78 Å². The second-order valence-corrected chi connectivity index (χ2v) is 6.31. The minimum Gasteiger partial charge on any atom is -0.295 e. The Morgan fingerprint density at radius 3 is 2.47 bits per heavy atom. The lowest BCUT2D eigenvalue weighted by atomic mass is 9.81. The number of hydrogen-bond donors (Lipinski definition) is 0. The van der Waals surface area contributed by atoms with Gasteiger partial charge < -0.3 is 0 Å². The van der Waals surface area contributed by atoms with Crippen LogP contribution in [-0.2, 0) is 4.79 Å². The van der Waals surface area contributed by atoms with Crippen molar-refractivity contribution >= 4 is 27.8 Å². The van der Waals surface area contributed by atoms with Gasteiger partial charge in [0.15, 0.2) is 5.78 Å². The summed E-state index contributed by atoms with van der Waals surface area (Å²) in [7, 11) is 0. The van der Waals surface area contributed by atoms with Gasteiger partial charge in [-0.1, -0.05) is 54.1 Å². The quantitative estimate of drug-likeness (QED) is 0.764. The maximum Gasteiger partial charge on any atom is 0.159 e. The smallest absolute Gasteiger partial charge is 0.159 e. The van der Waals surface area contributed by atoms with Gasteiger partial charge in [-0.05, 0) is 48.1 Å². The summed E-state index contributed by atoms with van der Waals surface area (Å²) < 4.78 is 1.08. The number of carbonyl (C=O) groups excluding carboxylic acids is 1. The standard InChI is InChI=1S/C17H19BrO/c1-12(2)16-10-7-14(11-17(16)19)4-3-13-5-8-15(18)9-6-13/h3-6,8-9,11-12,16H,7,10H2,1-2H3/b4-3-. The molecule has 0 saturated heterocycles. The molecule has 0 saturated carbocycles. The van der Waals surface area contributed by atoms with Gasteiger partial charge in [0.2, 0.25) is 0 Å². The highest BCUT2D eigenvalue weighted by Gasteiger charge is 2.23. The SMILES string of the molecule is CC(C)C1CCC(/C=C\c2ccc(Br)cc2)=CC1=O. The molecular weight excluding hydrogens is 300 g/mol. The van der Waals surface area contributed by atoms with Crippen molar-refractivity contribution in [3.63, 3.8) is 0 Å². The predicted octanol–water partition coefficient (Wildman–Crippen LogP) is 5.02. The van der Waals surface area contributed by atoms with Crippen LogP contribution in [0.25, 0.3) is 6.08 Å². The van der Waals surface area contributed by atoms with Crippen LogP contribution in [0.1, 0.15) is 32.3 Å². The fourth-order valence-corrected chi connectivity index (χ4v) is 2.66. The van der Waals surface area contributed by atoms with Gasteiger partial charge in [-0.25, -0.2) is 0 Å². The molecule has 0 amide bonds. The van der Waals surface area contributed by atoms with E-state index in [1.807, 2.05) is 18.2 Å². The Hall–Kier alpha value is -1.15. The van der Waals surface area contributed by atoms with Gasteiger partial charge in [0.1, 0.15) is 0 Å². The first kappa shape index (κ1) is 14.3. The van der Waals surface area contributed by atoms with E-state index < -0.39 is 0 Å². The van der Waals surface area contributed by atoms with Crippen molar-refractivity contribution in [3.05, 3.63) is 52.0 Å². The van der Waals surface area contributed by atoms with E-state index in [1.54, 1.807) is 0 Å². The van der Waals surface area contributed by atoms with Crippen molar-refractivity contribution < 1.29 is 4.79 Å². The second-order valence-electron chi connectivity index (χ2n) is 5.40. The Kier molecular flexibility index (Phi) is 4.76. The molecule has 1 unspecified atom stereocenters. The number of halogens is 1. The number of allylic oxidation sites excluding steroid dienone is 3. The van der Waals surface area contributed by atoms with E-state index in [0.29, 0.717) is 5.92 Å². The lowest BCUT2D eigenvalue weighted by Gasteiger charge is -2.22. The summed E-state index contributed by atoms with van der Waals surface area (Å²) in [4.78, 5) is 12.0. The molecule has 0 spiro atoms. The van der Waals surface area contributed by atoms with E-state index in [1.165, 1.54) is 0 Å². The highest BCUT2D eigenvalue weighted by atomic mass is 79.9. The normalized spacial score (nSPS) is 20.1. The molecule has 1 aliphatic rings. The zero-order valence-corrected chi connectivity index (χ0v) is 13.0. The average molecular weight is 319 g/mol. The number of carbonyl (C=O) groups is 1. The van der Waals surface area contributed by atoms with Crippen LogP contribution in [0.4, 0.5) is 0 Å². The zero-order valence-electron chi connectivity index (χ0n) is 11.4. The minimum atomic E-state index is 0.213. The van der Waals surface area contributed by atoms with E-state index in [4.69, 9.17) is 0 Å². The summed E-state index contributed by atoms with van der Waals surface area (Å²) in [6.07, 6.45) is 7.94. The molecule has 0 radical (unpaired) electrons. The molecule has 0 aliphatic heterocycles. The Morgan fingerprint density at radius 2 is 1.89 bits per heavy atom. The van der Waals surface area contributed by atoms with Crippen LogP contribution < -0.4 is 0 Å². The van der Waals surface area contributed by atoms with Crippen molar-refractivity contribution in [2.24, 2.45) is 11.8 Å². The molecule has 1 aliphatic carbocycles. The van der Waals surface area contributed by atoms with Crippen molar-refractivity contribution in [2.45, 2.75) is 26.7 Å². The van der Waals surface area contributed by atoms with E-state index in [9.17, 15) is 4.79 Å². The second kappa shape index (κ2) is 6.33. The van der Waals surface area contributed by atoms with Crippen LogP contribution in [0, 0.1) is 11.8 Å². The van der Waals surface area contributed by atoms with Crippen LogP contribution in [0.5, 0.6) is 0 Å². The van der Waals surface area contributed by atoms with Crippen molar-refractivity contribution in [3.8, 4) is 0 Å². The van der Waals surface area contributed by atoms with Gasteiger partial charge in [-0.3, -0.25) is 4.79 Å². The first-order valence-corrected chi connectivity index (χ1v) is 7.53. The summed E-state index contributed by atoms with van der Waals surface area (Å²) in [6.45, 7) is 4.25. The third-order valence-corrected chi connectivity index (χ3v) is 4.13. The fourth-order valence-electron chi connectivity index (χ4n) is 2.40. The molecule has 0 aromatic heterocycles. The largest absolute Gasteiger partial charge is 0.295 e. The molecule has 100 valence electrons. The molecule has 2 heteroatoms. The topological polar surface area (TPSA) is 17.1 Å². The molecule has 1 aromatic rings. The summed E-state index contributed by atoms with van der Waals surface area (Å²) in [5.41, 5.74) is 2.30. The van der Waals surface area contributed by atoms with Gasteiger partial charge in [0, 0.05) is 10.4 Å². The maximum atomic E-state index is 12.0. The van der Waals surface area contributed by atoms with Crippen LogP contribution in [0.15, 0.2) is 46.5 Å². The van der Waals surface area contributed by atoms with Crippen LogP contribution in [0.3, 0.4) is 0 Å². The van der Waals surface area contributed by atoms with Crippen molar-refractivity contribution in [1.29, 1.82) is 0 Å². The molecular formula is C17H19BrO. The zero-order chi connectivity index (χ0) is 13.8. The molecule has 0 bridgehead atoms. The maximum absolute atomic E-state index is 12.0. The molecule has 2 rings (SSSR count). The average Bonchev–Trinajstić information content (AvgIpc) is 2.37. The van der Waals surface area contributed by atoms with Crippen LogP contribution in [0.2, 0.25) is 0 Å². The Morgan fingerprint density at radius 1 is 1.21 bits per heavy atom. The monoisotopic (exact) mass is 318 g/mol. The van der Waals surface area contributed by atoms with Gasteiger partial charge in [-0.2, -0.15) is 0 Å². The third-order valence-electron chi connectivity index (χ3n) is 3.60. The molecule has 0 fully saturated rings. The van der Waals surface area contributed by atoms with E-state index >= 15 is 0 Å². The highest BCUT2D eigenvalue weighted by Crippen LogP contribution is 2.27. The summed E-state index contributed by atoms with van der Waals surface area (Å²) in [5, 5.41) is 0. The Bertz CT molecular complexity index is 509. The lowest BCUT2D eigenvalue weighted by molar-refractivity contribution is -0.120. The molecule has 1 atom stereocenters. The summed E-state index contributed by atoms with van der Waals surface area (Å²) in [6, 6.07) is 8.16. The van der Waals surface area contributed by atoms with Gasteiger partial charge >= 0.3 is 0 Å².